The summed E-state index contributed by atoms with van der Waals surface area (Å²) < 4.78 is 10.8. The Labute approximate surface area is 105 Å². The number of carbonyl (C=O) groups is 1. The SMILES string of the molecule is Cc1cccc(C)c1OCc1occc1C(=O)O. The molecule has 4 heteroatoms. The zero-order valence-electron chi connectivity index (χ0n) is 10.3. The standard InChI is InChI=1S/C14H14O4/c1-9-4-3-5-10(2)13(9)18-8-12-11(14(15)16)6-7-17-12/h3-7H,8H2,1-2H3,(H,15,16). The Balaban J connectivity index is 2.17. The topological polar surface area (TPSA) is 59.7 Å². The zero-order valence-corrected chi connectivity index (χ0v) is 10.3. The molecule has 0 saturated carbocycles. The number of hydrogen-bond donors (Lipinski definition) is 1. The van der Waals surface area contributed by atoms with E-state index in [1.54, 1.807) is 0 Å². The van der Waals surface area contributed by atoms with Gasteiger partial charge in [-0.25, -0.2) is 4.79 Å². The summed E-state index contributed by atoms with van der Waals surface area (Å²) in [7, 11) is 0. The minimum atomic E-state index is -1.01. The number of rotatable bonds is 4. The molecule has 0 unspecified atom stereocenters. The van der Waals surface area contributed by atoms with E-state index in [0.717, 1.165) is 16.9 Å². The second kappa shape index (κ2) is 4.96. The average Bonchev–Trinajstić information content (AvgIpc) is 2.76. The molecule has 0 amide bonds. The highest BCUT2D eigenvalue weighted by molar-refractivity contribution is 5.88. The second-order valence-electron chi connectivity index (χ2n) is 4.07. The highest BCUT2D eigenvalue weighted by Gasteiger charge is 2.14. The van der Waals surface area contributed by atoms with Gasteiger partial charge >= 0.3 is 5.97 Å². The van der Waals surface area contributed by atoms with Gasteiger partial charge in [0.1, 0.15) is 17.9 Å². The molecular formula is C14H14O4. The Morgan fingerprint density at radius 2 is 1.94 bits per heavy atom. The normalized spacial score (nSPS) is 10.3. The molecule has 0 atom stereocenters. The lowest BCUT2D eigenvalue weighted by Gasteiger charge is -2.10. The van der Waals surface area contributed by atoms with Crippen LogP contribution in [0, 0.1) is 13.8 Å². The minimum Gasteiger partial charge on any atom is -0.485 e. The van der Waals surface area contributed by atoms with E-state index < -0.39 is 5.97 Å². The van der Waals surface area contributed by atoms with Crippen molar-refractivity contribution in [3.63, 3.8) is 0 Å². The fourth-order valence-electron chi connectivity index (χ4n) is 1.81. The number of para-hydroxylation sites is 1. The molecule has 0 bridgehead atoms. The molecule has 18 heavy (non-hydrogen) atoms. The molecule has 2 rings (SSSR count). The van der Waals surface area contributed by atoms with Crippen LogP contribution in [0.2, 0.25) is 0 Å². The number of ether oxygens (including phenoxy) is 1. The van der Waals surface area contributed by atoms with Gasteiger partial charge in [0, 0.05) is 0 Å². The van der Waals surface area contributed by atoms with Gasteiger partial charge in [-0.15, -0.1) is 0 Å². The number of aromatic carboxylic acids is 1. The van der Waals surface area contributed by atoms with Gasteiger partial charge < -0.3 is 14.3 Å². The van der Waals surface area contributed by atoms with E-state index in [1.165, 1.54) is 12.3 Å². The van der Waals surface area contributed by atoms with E-state index in [-0.39, 0.29) is 12.2 Å². The maximum absolute atomic E-state index is 10.9. The molecule has 0 saturated heterocycles. The van der Waals surface area contributed by atoms with Crippen LogP contribution < -0.4 is 4.74 Å². The van der Waals surface area contributed by atoms with E-state index in [9.17, 15) is 4.79 Å². The van der Waals surface area contributed by atoms with Gasteiger partial charge in [-0.1, -0.05) is 18.2 Å². The van der Waals surface area contributed by atoms with Crippen LogP contribution in [-0.2, 0) is 6.61 Å². The van der Waals surface area contributed by atoms with Gasteiger partial charge in [-0.2, -0.15) is 0 Å². The fourth-order valence-corrected chi connectivity index (χ4v) is 1.81. The lowest BCUT2D eigenvalue weighted by molar-refractivity contribution is 0.0692. The van der Waals surface area contributed by atoms with Crippen LogP contribution in [0.5, 0.6) is 5.75 Å². The molecule has 1 N–H and O–H groups in total. The zero-order chi connectivity index (χ0) is 13.1. The van der Waals surface area contributed by atoms with Gasteiger partial charge in [0.2, 0.25) is 0 Å². The number of benzene rings is 1. The molecule has 1 heterocycles. The first-order valence-corrected chi connectivity index (χ1v) is 5.58. The first-order chi connectivity index (χ1) is 8.59. The molecular weight excluding hydrogens is 232 g/mol. The maximum Gasteiger partial charge on any atom is 0.339 e. The van der Waals surface area contributed by atoms with Crippen LogP contribution in [0.25, 0.3) is 0 Å². The van der Waals surface area contributed by atoms with Crippen molar-refractivity contribution < 1.29 is 19.1 Å². The highest BCUT2D eigenvalue weighted by Crippen LogP contribution is 2.24. The van der Waals surface area contributed by atoms with Crippen molar-refractivity contribution in [2.45, 2.75) is 20.5 Å². The Hall–Kier alpha value is -2.23. The molecule has 1 aromatic carbocycles. The van der Waals surface area contributed by atoms with Gasteiger partial charge in [0.15, 0.2) is 5.76 Å². The third kappa shape index (κ3) is 2.37. The Bertz CT molecular complexity index is 549. The summed E-state index contributed by atoms with van der Waals surface area (Å²) in [5.74, 6) is 0.0826. The van der Waals surface area contributed by atoms with Crippen LogP contribution in [0.1, 0.15) is 27.2 Å². The Kier molecular flexibility index (Phi) is 3.37. The van der Waals surface area contributed by atoms with Crippen LogP contribution in [0.4, 0.5) is 0 Å². The number of hydrogen-bond acceptors (Lipinski definition) is 3. The molecule has 0 spiro atoms. The van der Waals surface area contributed by atoms with E-state index in [4.69, 9.17) is 14.3 Å². The van der Waals surface area contributed by atoms with Gasteiger partial charge in [-0.05, 0) is 31.0 Å². The predicted octanol–water partition coefficient (Wildman–Crippen LogP) is 3.17. The summed E-state index contributed by atoms with van der Waals surface area (Å²) >= 11 is 0. The van der Waals surface area contributed by atoms with E-state index in [1.807, 2.05) is 32.0 Å². The quantitative estimate of drug-likeness (QED) is 0.900. The first kappa shape index (κ1) is 12.2. The molecule has 0 aliphatic carbocycles. The van der Waals surface area contributed by atoms with Crippen molar-refractivity contribution in [3.05, 3.63) is 53.0 Å². The van der Waals surface area contributed by atoms with Crippen molar-refractivity contribution in [1.82, 2.24) is 0 Å². The Morgan fingerprint density at radius 3 is 2.56 bits per heavy atom. The van der Waals surface area contributed by atoms with E-state index >= 15 is 0 Å². The minimum absolute atomic E-state index is 0.111. The monoisotopic (exact) mass is 246 g/mol. The maximum atomic E-state index is 10.9. The van der Waals surface area contributed by atoms with Crippen molar-refractivity contribution in [2.24, 2.45) is 0 Å². The molecule has 4 nitrogen and oxygen atoms in total. The fraction of sp³-hybridized carbons (Fsp3) is 0.214. The van der Waals surface area contributed by atoms with Crippen LogP contribution in [0.3, 0.4) is 0 Å². The summed E-state index contributed by atoms with van der Waals surface area (Å²) in [6, 6.07) is 7.27. The second-order valence-corrected chi connectivity index (χ2v) is 4.07. The van der Waals surface area contributed by atoms with Gasteiger partial charge in [-0.3, -0.25) is 0 Å². The number of carboxylic acid groups (broad SMARTS) is 1. The number of carboxylic acids is 1. The summed E-state index contributed by atoms with van der Waals surface area (Å²) in [4.78, 5) is 10.9. The summed E-state index contributed by atoms with van der Waals surface area (Å²) in [6.45, 7) is 4.01. The van der Waals surface area contributed by atoms with E-state index in [2.05, 4.69) is 0 Å². The predicted molar refractivity (Wildman–Crippen MR) is 65.9 cm³/mol. The smallest absolute Gasteiger partial charge is 0.339 e. The number of furan rings is 1. The lowest BCUT2D eigenvalue weighted by atomic mass is 10.1. The summed E-state index contributed by atoms with van der Waals surface area (Å²) in [5.41, 5.74) is 2.16. The number of aryl methyl sites for hydroxylation is 2. The van der Waals surface area contributed by atoms with Crippen molar-refractivity contribution >= 4 is 5.97 Å². The molecule has 0 fully saturated rings. The van der Waals surface area contributed by atoms with Crippen LogP contribution in [-0.4, -0.2) is 11.1 Å². The largest absolute Gasteiger partial charge is 0.485 e. The van der Waals surface area contributed by atoms with Crippen molar-refractivity contribution in [1.29, 1.82) is 0 Å². The van der Waals surface area contributed by atoms with Crippen molar-refractivity contribution in [2.75, 3.05) is 0 Å². The van der Waals surface area contributed by atoms with Gasteiger partial charge in [0.25, 0.3) is 0 Å². The highest BCUT2D eigenvalue weighted by atomic mass is 16.5. The molecule has 1 aromatic heterocycles. The third-order valence-corrected chi connectivity index (χ3v) is 2.73. The van der Waals surface area contributed by atoms with Crippen LogP contribution in [0.15, 0.2) is 34.9 Å². The van der Waals surface area contributed by atoms with Gasteiger partial charge in [0.05, 0.1) is 6.26 Å². The Morgan fingerprint density at radius 1 is 1.28 bits per heavy atom. The lowest BCUT2D eigenvalue weighted by Crippen LogP contribution is -2.03. The summed E-state index contributed by atoms with van der Waals surface area (Å²) in [6.07, 6.45) is 1.35. The third-order valence-electron chi connectivity index (χ3n) is 2.73. The van der Waals surface area contributed by atoms with Crippen molar-refractivity contribution in [3.8, 4) is 5.75 Å². The molecule has 0 aliphatic heterocycles. The summed E-state index contributed by atoms with van der Waals surface area (Å²) in [5, 5.41) is 8.95. The molecule has 0 radical (unpaired) electrons. The molecule has 0 aliphatic rings. The first-order valence-electron chi connectivity index (χ1n) is 5.58. The molecule has 2 aromatic rings. The average molecular weight is 246 g/mol. The van der Waals surface area contributed by atoms with E-state index in [0.29, 0.717) is 5.76 Å². The molecule has 94 valence electrons. The van der Waals surface area contributed by atoms with Crippen LogP contribution >= 0.6 is 0 Å².